The first-order valence-corrected chi connectivity index (χ1v) is 8.95. The first-order valence-electron chi connectivity index (χ1n) is 8.95. The second kappa shape index (κ2) is 7.79. The Morgan fingerprint density at radius 1 is 1.00 bits per heavy atom. The molecule has 0 aromatic carbocycles. The van der Waals surface area contributed by atoms with Crippen LogP contribution in [-0.4, -0.2) is 23.4 Å². The van der Waals surface area contributed by atoms with Gasteiger partial charge in [0, 0.05) is 0 Å². The molecule has 0 aliphatic heterocycles. The van der Waals surface area contributed by atoms with E-state index in [0.29, 0.717) is 12.2 Å². The number of ether oxygens (including phenoxy) is 1. The standard InChI is InChI=1S/C18H34O2/c1-4-13(3)20-18-9-8-15-10-14(11-17(19)5-2)6-7-16(15)12-18/h13-19H,4-12H2,1-3H3/t13?,14-,15?,16?,17?,18?/m1/s1. The molecule has 118 valence electrons. The number of aliphatic hydroxyl groups excluding tert-OH is 1. The molecule has 20 heavy (non-hydrogen) atoms. The molecule has 2 aliphatic carbocycles. The van der Waals surface area contributed by atoms with E-state index in [-0.39, 0.29) is 6.10 Å². The fourth-order valence-corrected chi connectivity index (χ4v) is 4.26. The van der Waals surface area contributed by atoms with E-state index in [9.17, 15) is 5.11 Å². The highest BCUT2D eigenvalue weighted by atomic mass is 16.5. The second-order valence-corrected chi connectivity index (χ2v) is 7.29. The Morgan fingerprint density at radius 3 is 2.40 bits per heavy atom. The molecule has 2 nitrogen and oxygen atoms in total. The van der Waals surface area contributed by atoms with Crippen molar-refractivity contribution in [1.29, 1.82) is 0 Å². The van der Waals surface area contributed by atoms with E-state index in [1.807, 2.05) is 0 Å². The topological polar surface area (TPSA) is 29.5 Å². The third-order valence-corrected chi connectivity index (χ3v) is 5.75. The van der Waals surface area contributed by atoms with Gasteiger partial charge in [0.25, 0.3) is 0 Å². The molecule has 2 heteroatoms. The molecule has 0 saturated heterocycles. The van der Waals surface area contributed by atoms with Crippen molar-refractivity contribution in [3.8, 4) is 0 Å². The molecule has 0 spiro atoms. The molecule has 0 amide bonds. The van der Waals surface area contributed by atoms with Gasteiger partial charge in [0.1, 0.15) is 0 Å². The quantitative estimate of drug-likeness (QED) is 0.774. The van der Waals surface area contributed by atoms with Crippen LogP contribution in [-0.2, 0) is 4.74 Å². The zero-order chi connectivity index (χ0) is 14.5. The van der Waals surface area contributed by atoms with Gasteiger partial charge in [0.05, 0.1) is 18.3 Å². The van der Waals surface area contributed by atoms with Crippen LogP contribution in [0.3, 0.4) is 0 Å². The van der Waals surface area contributed by atoms with E-state index in [1.165, 1.54) is 38.5 Å². The maximum Gasteiger partial charge on any atom is 0.0581 e. The largest absolute Gasteiger partial charge is 0.393 e. The monoisotopic (exact) mass is 282 g/mol. The molecule has 0 aromatic rings. The lowest BCUT2D eigenvalue weighted by atomic mass is 9.66. The molecule has 2 saturated carbocycles. The fourth-order valence-electron chi connectivity index (χ4n) is 4.26. The van der Waals surface area contributed by atoms with Crippen LogP contribution in [0.2, 0.25) is 0 Å². The Bertz CT molecular complexity index is 251. The maximum atomic E-state index is 9.85. The lowest BCUT2D eigenvalue weighted by molar-refractivity contribution is -0.0562. The molecule has 1 N–H and O–H groups in total. The average molecular weight is 282 g/mol. The summed E-state index contributed by atoms with van der Waals surface area (Å²) in [6.07, 6.45) is 11.9. The number of hydrogen-bond acceptors (Lipinski definition) is 2. The van der Waals surface area contributed by atoms with Crippen molar-refractivity contribution < 1.29 is 9.84 Å². The van der Waals surface area contributed by atoms with Gasteiger partial charge in [-0.15, -0.1) is 0 Å². The van der Waals surface area contributed by atoms with Crippen molar-refractivity contribution in [3.05, 3.63) is 0 Å². The van der Waals surface area contributed by atoms with Gasteiger partial charge >= 0.3 is 0 Å². The van der Waals surface area contributed by atoms with Crippen LogP contribution in [0.5, 0.6) is 0 Å². The zero-order valence-electron chi connectivity index (χ0n) is 13.7. The van der Waals surface area contributed by atoms with E-state index in [0.717, 1.165) is 37.0 Å². The Hall–Kier alpha value is -0.0800. The average Bonchev–Trinajstić information content (AvgIpc) is 2.47. The first kappa shape index (κ1) is 16.3. The van der Waals surface area contributed by atoms with Crippen LogP contribution in [0.15, 0.2) is 0 Å². The van der Waals surface area contributed by atoms with Crippen LogP contribution >= 0.6 is 0 Å². The van der Waals surface area contributed by atoms with Gasteiger partial charge in [-0.05, 0) is 76.0 Å². The van der Waals surface area contributed by atoms with Gasteiger partial charge < -0.3 is 9.84 Å². The first-order chi connectivity index (χ1) is 9.62. The molecule has 2 rings (SSSR count). The summed E-state index contributed by atoms with van der Waals surface area (Å²) in [4.78, 5) is 0. The smallest absolute Gasteiger partial charge is 0.0581 e. The van der Waals surface area contributed by atoms with Crippen molar-refractivity contribution in [2.75, 3.05) is 0 Å². The molecule has 0 aromatic heterocycles. The number of rotatable bonds is 6. The van der Waals surface area contributed by atoms with E-state index in [4.69, 9.17) is 4.74 Å². The van der Waals surface area contributed by atoms with Crippen molar-refractivity contribution in [3.63, 3.8) is 0 Å². The highest BCUT2D eigenvalue weighted by molar-refractivity contribution is 4.87. The van der Waals surface area contributed by atoms with Gasteiger partial charge in [-0.1, -0.05) is 20.3 Å². The zero-order valence-corrected chi connectivity index (χ0v) is 13.7. The predicted molar refractivity (Wildman–Crippen MR) is 83.7 cm³/mol. The molecule has 0 heterocycles. The number of hydrogen-bond donors (Lipinski definition) is 1. The van der Waals surface area contributed by atoms with Crippen molar-refractivity contribution in [2.45, 2.75) is 96.9 Å². The minimum absolute atomic E-state index is 0.0679. The van der Waals surface area contributed by atoms with Crippen LogP contribution in [0.25, 0.3) is 0 Å². The molecular formula is C18H34O2. The van der Waals surface area contributed by atoms with Crippen molar-refractivity contribution in [1.82, 2.24) is 0 Å². The Kier molecular flexibility index (Phi) is 6.35. The third-order valence-electron chi connectivity index (χ3n) is 5.75. The normalized spacial score (nSPS) is 37.2. The van der Waals surface area contributed by atoms with E-state index in [1.54, 1.807) is 0 Å². The molecular weight excluding hydrogens is 248 g/mol. The summed E-state index contributed by atoms with van der Waals surface area (Å²) >= 11 is 0. The summed E-state index contributed by atoms with van der Waals surface area (Å²) in [6, 6.07) is 0. The minimum Gasteiger partial charge on any atom is -0.393 e. The van der Waals surface area contributed by atoms with Crippen LogP contribution in [0, 0.1) is 17.8 Å². The lowest BCUT2D eigenvalue weighted by Gasteiger charge is -2.43. The van der Waals surface area contributed by atoms with Gasteiger partial charge in [0.2, 0.25) is 0 Å². The Balaban J connectivity index is 1.77. The predicted octanol–water partition coefficient (Wildman–Crippen LogP) is 4.55. The van der Waals surface area contributed by atoms with Crippen LogP contribution < -0.4 is 0 Å². The Labute approximate surface area is 125 Å². The number of aliphatic hydroxyl groups is 1. The molecule has 5 unspecified atom stereocenters. The molecule has 2 aliphatic rings. The fraction of sp³-hybridized carbons (Fsp3) is 1.00. The molecule has 6 atom stereocenters. The summed E-state index contributed by atoms with van der Waals surface area (Å²) in [5.41, 5.74) is 0. The summed E-state index contributed by atoms with van der Waals surface area (Å²) in [5, 5.41) is 9.85. The summed E-state index contributed by atoms with van der Waals surface area (Å²) < 4.78 is 6.16. The Morgan fingerprint density at radius 2 is 1.70 bits per heavy atom. The summed E-state index contributed by atoms with van der Waals surface area (Å²) in [5.74, 6) is 2.58. The molecule has 0 radical (unpaired) electrons. The van der Waals surface area contributed by atoms with Gasteiger partial charge in [-0.25, -0.2) is 0 Å². The highest BCUT2D eigenvalue weighted by Crippen LogP contribution is 2.44. The SMILES string of the molecule is CCC(O)C[C@@H]1CCC2CC(OC(C)CC)CCC2C1. The van der Waals surface area contributed by atoms with Crippen LogP contribution in [0.1, 0.15) is 78.6 Å². The van der Waals surface area contributed by atoms with Gasteiger partial charge in [-0.2, -0.15) is 0 Å². The maximum absolute atomic E-state index is 9.85. The van der Waals surface area contributed by atoms with Crippen molar-refractivity contribution >= 4 is 0 Å². The minimum atomic E-state index is -0.0679. The van der Waals surface area contributed by atoms with Crippen LogP contribution in [0.4, 0.5) is 0 Å². The van der Waals surface area contributed by atoms with Gasteiger partial charge in [-0.3, -0.25) is 0 Å². The van der Waals surface area contributed by atoms with E-state index in [2.05, 4.69) is 20.8 Å². The second-order valence-electron chi connectivity index (χ2n) is 7.29. The lowest BCUT2D eigenvalue weighted by Crippen LogP contribution is -2.36. The third kappa shape index (κ3) is 4.46. The van der Waals surface area contributed by atoms with Gasteiger partial charge in [0.15, 0.2) is 0 Å². The molecule has 2 fully saturated rings. The van der Waals surface area contributed by atoms with Crippen molar-refractivity contribution in [2.24, 2.45) is 17.8 Å². The summed E-state index contributed by atoms with van der Waals surface area (Å²) in [6.45, 7) is 6.50. The highest BCUT2D eigenvalue weighted by Gasteiger charge is 2.36. The molecule has 0 bridgehead atoms. The van der Waals surface area contributed by atoms with E-state index >= 15 is 0 Å². The number of fused-ring (bicyclic) bond motifs is 1. The van der Waals surface area contributed by atoms with E-state index < -0.39 is 0 Å². The summed E-state index contributed by atoms with van der Waals surface area (Å²) in [7, 11) is 0.